The third-order valence-electron chi connectivity index (χ3n) is 4.19. The van der Waals surface area contributed by atoms with Crippen molar-refractivity contribution in [2.75, 3.05) is 40.3 Å². The molecule has 1 aliphatic rings. The lowest BCUT2D eigenvalue weighted by Crippen LogP contribution is -2.38. The summed E-state index contributed by atoms with van der Waals surface area (Å²) >= 11 is 0. The Bertz CT molecular complexity index is 282. The van der Waals surface area contributed by atoms with Crippen LogP contribution in [-0.4, -0.2) is 61.2 Å². The molecule has 1 heterocycles. The quantitative estimate of drug-likeness (QED) is 0.770. The Morgan fingerprint density at radius 2 is 1.89 bits per heavy atom. The van der Waals surface area contributed by atoms with Gasteiger partial charge in [0.25, 0.3) is 0 Å². The first kappa shape index (κ1) is 16.4. The lowest BCUT2D eigenvalue weighted by atomic mass is 9.88. The summed E-state index contributed by atoms with van der Waals surface area (Å²) in [5, 5.41) is 9.08. The predicted molar refractivity (Wildman–Crippen MR) is 78.4 cm³/mol. The van der Waals surface area contributed by atoms with Crippen LogP contribution in [0.4, 0.5) is 0 Å². The van der Waals surface area contributed by atoms with Crippen molar-refractivity contribution in [3.05, 3.63) is 0 Å². The summed E-state index contributed by atoms with van der Waals surface area (Å²) in [5.41, 5.74) is -0.580. The van der Waals surface area contributed by atoms with E-state index in [1.807, 2.05) is 13.8 Å². The molecule has 19 heavy (non-hydrogen) atoms. The second-order valence-electron chi connectivity index (χ2n) is 6.84. The number of nitrogens with zero attached hydrogens (tertiary/aromatic N) is 2. The number of hydrogen-bond donors (Lipinski definition) is 1. The number of carbonyl (C=O) groups is 1. The molecule has 0 radical (unpaired) electrons. The van der Waals surface area contributed by atoms with E-state index in [4.69, 9.17) is 5.11 Å². The largest absolute Gasteiger partial charge is 0.481 e. The fraction of sp³-hybridized carbons (Fsp3) is 0.933. The summed E-state index contributed by atoms with van der Waals surface area (Å²) in [4.78, 5) is 15.8. The molecule has 1 fully saturated rings. The van der Waals surface area contributed by atoms with Crippen LogP contribution >= 0.6 is 0 Å². The average Bonchev–Trinajstić information content (AvgIpc) is 2.30. The number of carboxylic acids is 1. The molecule has 0 atom stereocenters. The summed E-state index contributed by atoms with van der Waals surface area (Å²) in [6.45, 7) is 8.22. The van der Waals surface area contributed by atoms with Crippen molar-refractivity contribution in [3.63, 3.8) is 0 Å². The highest BCUT2D eigenvalue weighted by molar-refractivity contribution is 5.73. The predicted octanol–water partition coefficient (Wildman–Crippen LogP) is 2.15. The van der Waals surface area contributed by atoms with Gasteiger partial charge in [0.15, 0.2) is 0 Å². The molecule has 0 saturated carbocycles. The molecule has 0 aliphatic carbocycles. The standard InChI is InChI=1S/C15H30N2O2/c1-15(2,14(18)19)8-5-9-17-10-6-13(7-11-17)12-16(3)4/h13H,5-12H2,1-4H3,(H,18,19). The molecule has 1 rings (SSSR count). The monoisotopic (exact) mass is 270 g/mol. The van der Waals surface area contributed by atoms with Gasteiger partial charge in [0.2, 0.25) is 0 Å². The molecule has 112 valence electrons. The van der Waals surface area contributed by atoms with E-state index in [0.29, 0.717) is 0 Å². The topological polar surface area (TPSA) is 43.8 Å². The highest BCUT2D eigenvalue weighted by atomic mass is 16.4. The van der Waals surface area contributed by atoms with E-state index in [9.17, 15) is 4.79 Å². The Morgan fingerprint density at radius 1 is 1.32 bits per heavy atom. The van der Waals surface area contributed by atoms with Gasteiger partial charge in [-0.25, -0.2) is 0 Å². The lowest BCUT2D eigenvalue weighted by molar-refractivity contribution is -0.147. The van der Waals surface area contributed by atoms with Crippen LogP contribution in [-0.2, 0) is 4.79 Å². The van der Waals surface area contributed by atoms with Gasteiger partial charge < -0.3 is 14.9 Å². The molecule has 0 aromatic rings. The van der Waals surface area contributed by atoms with Crippen LogP contribution in [0.3, 0.4) is 0 Å². The van der Waals surface area contributed by atoms with Gasteiger partial charge in [-0.05, 0) is 79.2 Å². The first-order valence-corrected chi connectivity index (χ1v) is 7.42. The number of hydrogen-bond acceptors (Lipinski definition) is 3. The van der Waals surface area contributed by atoms with E-state index >= 15 is 0 Å². The summed E-state index contributed by atoms with van der Waals surface area (Å²) in [7, 11) is 4.28. The van der Waals surface area contributed by atoms with Gasteiger partial charge in [-0.1, -0.05) is 0 Å². The molecule has 0 aromatic carbocycles. The Labute approximate surface area is 117 Å². The van der Waals surface area contributed by atoms with E-state index in [1.165, 1.54) is 32.5 Å². The maximum atomic E-state index is 11.0. The van der Waals surface area contributed by atoms with Gasteiger partial charge in [-0.15, -0.1) is 0 Å². The Kier molecular flexibility index (Phi) is 6.27. The maximum Gasteiger partial charge on any atom is 0.309 e. The van der Waals surface area contributed by atoms with Crippen LogP contribution in [0.25, 0.3) is 0 Å². The minimum Gasteiger partial charge on any atom is -0.481 e. The summed E-state index contributed by atoms with van der Waals surface area (Å²) in [6.07, 6.45) is 4.30. The fourth-order valence-electron chi connectivity index (χ4n) is 2.76. The lowest BCUT2D eigenvalue weighted by Gasteiger charge is -2.33. The summed E-state index contributed by atoms with van der Waals surface area (Å²) < 4.78 is 0. The summed E-state index contributed by atoms with van der Waals surface area (Å²) in [5.74, 6) is 0.152. The molecular weight excluding hydrogens is 240 g/mol. The second-order valence-corrected chi connectivity index (χ2v) is 6.84. The molecule has 4 heteroatoms. The zero-order valence-electron chi connectivity index (χ0n) is 13.0. The van der Waals surface area contributed by atoms with Gasteiger partial charge in [0, 0.05) is 6.54 Å². The maximum absolute atomic E-state index is 11.0. The SMILES string of the molecule is CN(C)CC1CCN(CCCC(C)(C)C(=O)O)CC1. The van der Waals surface area contributed by atoms with Crippen LogP contribution in [0.5, 0.6) is 0 Å². The van der Waals surface area contributed by atoms with Crippen LogP contribution in [0, 0.1) is 11.3 Å². The van der Waals surface area contributed by atoms with Gasteiger partial charge in [-0.3, -0.25) is 4.79 Å². The molecular formula is C15H30N2O2. The second kappa shape index (κ2) is 7.25. The number of carboxylic acid groups (broad SMARTS) is 1. The van der Waals surface area contributed by atoms with Gasteiger partial charge in [-0.2, -0.15) is 0 Å². The van der Waals surface area contributed by atoms with Gasteiger partial charge in [0.05, 0.1) is 5.41 Å². The molecule has 1 aliphatic heterocycles. The smallest absolute Gasteiger partial charge is 0.309 e. The van der Waals surface area contributed by atoms with Gasteiger partial charge >= 0.3 is 5.97 Å². The van der Waals surface area contributed by atoms with Crippen molar-refractivity contribution in [1.82, 2.24) is 9.80 Å². The third kappa shape index (κ3) is 5.91. The van der Waals surface area contributed by atoms with Crippen molar-refractivity contribution in [1.29, 1.82) is 0 Å². The number of rotatable bonds is 7. The minimum absolute atomic E-state index is 0.580. The molecule has 1 N–H and O–H groups in total. The van der Waals surface area contributed by atoms with Crippen molar-refractivity contribution in [2.45, 2.75) is 39.5 Å². The van der Waals surface area contributed by atoms with E-state index in [2.05, 4.69) is 23.9 Å². The van der Waals surface area contributed by atoms with Crippen LogP contribution < -0.4 is 0 Å². The van der Waals surface area contributed by atoms with Crippen LogP contribution in [0.15, 0.2) is 0 Å². The normalized spacial score (nSPS) is 19.0. The Hall–Kier alpha value is -0.610. The third-order valence-corrected chi connectivity index (χ3v) is 4.19. The fourth-order valence-corrected chi connectivity index (χ4v) is 2.76. The molecule has 1 saturated heterocycles. The zero-order chi connectivity index (χ0) is 14.5. The van der Waals surface area contributed by atoms with Crippen molar-refractivity contribution in [2.24, 2.45) is 11.3 Å². The van der Waals surface area contributed by atoms with E-state index < -0.39 is 11.4 Å². The number of aliphatic carboxylic acids is 1. The Balaban J connectivity index is 2.18. The first-order valence-electron chi connectivity index (χ1n) is 7.42. The Morgan fingerprint density at radius 3 is 2.37 bits per heavy atom. The zero-order valence-corrected chi connectivity index (χ0v) is 13.0. The van der Waals surface area contributed by atoms with Gasteiger partial charge in [0.1, 0.15) is 0 Å². The van der Waals surface area contributed by atoms with E-state index in [-0.39, 0.29) is 0 Å². The molecule has 0 unspecified atom stereocenters. The van der Waals surface area contributed by atoms with Crippen LogP contribution in [0.1, 0.15) is 39.5 Å². The van der Waals surface area contributed by atoms with Crippen molar-refractivity contribution >= 4 is 5.97 Å². The highest BCUT2D eigenvalue weighted by Gasteiger charge is 2.27. The molecule has 0 aromatic heterocycles. The van der Waals surface area contributed by atoms with Crippen LogP contribution in [0.2, 0.25) is 0 Å². The molecule has 4 nitrogen and oxygen atoms in total. The minimum atomic E-state index is -0.683. The van der Waals surface area contributed by atoms with Crippen molar-refractivity contribution < 1.29 is 9.90 Å². The molecule has 0 spiro atoms. The van der Waals surface area contributed by atoms with Crippen molar-refractivity contribution in [3.8, 4) is 0 Å². The number of likely N-dealkylation sites (tertiary alicyclic amines) is 1. The molecule has 0 bridgehead atoms. The molecule has 0 amide bonds. The number of piperidine rings is 1. The highest BCUT2D eigenvalue weighted by Crippen LogP contribution is 2.24. The summed E-state index contributed by atoms with van der Waals surface area (Å²) in [6, 6.07) is 0. The van der Waals surface area contributed by atoms with E-state index in [0.717, 1.165) is 25.3 Å². The average molecular weight is 270 g/mol. The first-order chi connectivity index (χ1) is 8.81. The van der Waals surface area contributed by atoms with E-state index in [1.54, 1.807) is 0 Å².